The van der Waals surface area contributed by atoms with E-state index in [1.807, 2.05) is 29.2 Å². The Balaban J connectivity index is 0.00000576. The summed E-state index contributed by atoms with van der Waals surface area (Å²) in [7, 11) is 0. The van der Waals surface area contributed by atoms with Crippen molar-refractivity contribution in [2.75, 3.05) is 16.8 Å². The van der Waals surface area contributed by atoms with E-state index in [2.05, 4.69) is 138 Å². The van der Waals surface area contributed by atoms with E-state index in [-0.39, 0.29) is 42.7 Å². The van der Waals surface area contributed by atoms with Crippen LogP contribution in [0.15, 0.2) is 85.2 Å². The molecule has 0 radical (unpaired) electrons. The van der Waals surface area contributed by atoms with E-state index in [0.717, 1.165) is 21.4 Å². The quantitative estimate of drug-likeness (QED) is 0.130. The second-order valence-electron chi connectivity index (χ2n) is 20.4. The molecule has 0 atom stereocenters. The van der Waals surface area contributed by atoms with E-state index in [0.29, 0.717) is 28.6 Å². The molecule has 1 spiro atoms. The van der Waals surface area contributed by atoms with Crippen LogP contribution >= 0.6 is 0 Å². The van der Waals surface area contributed by atoms with Crippen molar-refractivity contribution in [3.63, 3.8) is 0 Å². The average Bonchev–Trinajstić information content (AvgIpc) is 3.90. The van der Waals surface area contributed by atoms with Gasteiger partial charge in [-0.15, -0.1) is 29.8 Å². The standard InChI is InChI=1S/C53H57N4O.Pt/c1-49(2,3)33-25-38-39-26-34(50(4,5)6)28-43(52(10,11)12)47(39)53(46(38)42(27-33)51(7,8)9)40-22-21-37(58-36-18-15-17-35(29-36)56-24-23-54(13)31-56)30-45(40)57-32-55(14)44-20-16-19-41(53)48(44)57;/h15-28,32H,1-14H3;/q-3;+4/i13D3,14D3;. The van der Waals surface area contributed by atoms with Gasteiger partial charge in [0, 0.05) is 44.8 Å². The Labute approximate surface area is 375 Å². The summed E-state index contributed by atoms with van der Waals surface area (Å²) in [5.74, 6) is 0.804. The molecule has 5 nitrogen and oxygen atoms in total. The van der Waals surface area contributed by atoms with E-state index in [1.54, 1.807) is 29.6 Å². The number of imidazole rings is 1. The molecule has 0 N–H and O–H groups in total. The number of hydrogen-bond acceptors (Lipinski definition) is 3. The normalized spacial score (nSPS) is 17.1. The minimum atomic E-state index is -2.47. The summed E-state index contributed by atoms with van der Waals surface area (Å²) in [6.07, 6.45) is 5.92. The van der Waals surface area contributed by atoms with Gasteiger partial charge in [0.25, 0.3) is 0 Å². The van der Waals surface area contributed by atoms with Gasteiger partial charge in [-0.05, 0) is 84.8 Å². The summed E-state index contributed by atoms with van der Waals surface area (Å²) < 4.78 is 59.0. The molecule has 6 aromatic rings. The van der Waals surface area contributed by atoms with Crippen molar-refractivity contribution in [2.24, 2.45) is 6.98 Å². The van der Waals surface area contributed by atoms with Gasteiger partial charge in [-0.2, -0.15) is 24.9 Å². The van der Waals surface area contributed by atoms with Crippen molar-refractivity contribution in [2.45, 2.75) is 110 Å². The van der Waals surface area contributed by atoms with Crippen molar-refractivity contribution in [3.8, 4) is 28.3 Å². The summed E-state index contributed by atoms with van der Waals surface area (Å²) in [4.78, 5) is 3.40. The molecule has 3 heterocycles. The van der Waals surface area contributed by atoms with Gasteiger partial charge in [-0.3, -0.25) is 0 Å². The number of aromatic nitrogens is 2. The maximum absolute atomic E-state index is 8.77. The monoisotopic (exact) mass is 966 g/mol. The molecule has 1 aliphatic carbocycles. The Morgan fingerprint density at radius 1 is 0.695 bits per heavy atom. The summed E-state index contributed by atoms with van der Waals surface area (Å²) in [6, 6.07) is 32.3. The van der Waals surface area contributed by atoms with Crippen LogP contribution in [0.5, 0.6) is 11.5 Å². The van der Waals surface area contributed by atoms with Crippen molar-refractivity contribution < 1.29 is 38.6 Å². The third-order valence-electron chi connectivity index (χ3n) is 12.2. The van der Waals surface area contributed by atoms with Crippen molar-refractivity contribution in [1.82, 2.24) is 4.57 Å². The smallest absolute Gasteiger partial charge is 0.510 e. The minimum Gasteiger partial charge on any atom is -0.510 e. The number of rotatable bonds is 3. The van der Waals surface area contributed by atoms with Crippen LogP contribution in [0, 0.1) is 25.1 Å². The predicted molar refractivity (Wildman–Crippen MR) is 237 cm³/mol. The number of aryl methyl sites for hydroxylation is 1. The first-order valence-corrected chi connectivity index (χ1v) is 20.3. The van der Waals surface area contributed by atoms with Gasteiger partial charge >= 0.3 is 21.1 Å². The topological polar surface area (TPSA) is 24.5 Å². The fourth-order valence-corrected chi connectivity index (χ4v) is 9.28. The van der Waals surface area contributed by atoms with Crippen LogP contribution in [0.3, 0.4) is 0 Å². The first-order chi connectivity index (χ1) is 29.5. The van der Waals surface area contributed by atoms with Crippen molar-refractivity contribution in [1.29, 1.82) is 0 Å². The fraction of sp³-hybridized carbons (Fsp3) is 0.358. The maximum atomic E-state index is 8.77. The number of para-hydroxylation sites is 1. The van der Waals surface area contributed by atoms with Gasteiger partial charge in [0.15, 0.2) is 0 Å². The number of hydrogen-bond donors (Lipinski definition) is 0. The van der Waals surface area contributed by atoms with Crippen LogP contribution < -0.4 is 19.1 Å². The van der Waals surface area contributed by atoms with Gasteiger partial charge in [0.2, 0.25) is 6.33 Å². The first kappa shape index (κ1) is 34.1. The Kier molecular flexibility index (Phi) is 7.79. The molecule has 3 aliphatic rings. The molecule has 304 valence electrons. The molecule has 59 heavy (non-hydrogen) atoms. The van der Waals surface area contributed by atoms with Gasteiger partial charge in [-0.1, -0.05) is 131 Å². The SMILES string of the molecule is [2H]C([2H])([2H])N1[CH-]N2c3[c-]c(Oc4[c-]c(-n5[c-][n+](C([2H])([2H])[2H])cc5)ccc4)ccc3C3(c4cccc1c42)c1c(cc(C(C)(C)C)cc1C(C)(C)C)-c1cc(C(C)(C)C)cc(C(C)(C)C)c13.[Pt+4]. The number of nitrogens with zero attached hydrogens (tertiary/aromatic N) is 4. The van der Waals surface area contributed by atoms with Gasteiger partial charge in [-0.25, -0.2) is 0 Å². The zero-order chi connectivity index (χ0) is 46.5. The summed E-state index contributed by atoms with van der Waals surface area (Å²) in [5.41, 5.74) is 12.7. The molecule has 0 amide bonds. The van der Waals surface area contributed by atoms with Crippen LogP contribution in [-0.4, -0.2) is 11.5 Å². The molecular formula is C53H57N4OPt+. The minimum absolute atomic E-state index is 0. The Morgan fingerprint density at radius 2 is 1.31 bits per heavy atom. The fourth-order valence-electron chi connectivity index (χ4n) is 9.28. The molecule has 2 aliphatic heterocycles. The Morgan fingerprint density at radius 3 is 1.86 bits per heavy atom. The molecule has 5 aromatic carbocycles. The summed E-state index contributed by atoms with van der Waals surface area (Å²) in [6.45, 7) is 24.3. The molecule has 0 unspecified atom stereocenters. The summed E-state index contributed by atoms with van der Waals surface area (Å²) in [5, 5.41) is 0. The van der Waals surface area contributed by atoms with E-state index in [1.165, 1.54) is 55.6 Å². The zero-order valence-corrected chi connectivity index (χ0v) is 38.4. The van der Waals surface area contributed by atoms with Crippen LogP contribution in [-0.2, 0) is 55.1 Å². The number of anilines is 3. The second-order valence-corrected chi connectivity index (χ2v) is 20.4. The van der Waals surface area contributed by atoms with Gasteiger partial charge < -0.3 is 23.7 Å². The van der Waals surface area contributed by atoms with Gasteiger partial charge in [0.05, 0.1) is 11.1 Å². The molecule has 9 rings (SSSR count). The summed E-state index contributed by atoms with van der Waals surface area (Å²) >= 11 is 0. The molecule has 0 saturated carbocycles. The van der Waals surface area contributed by atoms with Crippen LogP contribution in [0.2, 0.25) is 0 Å². The molecular weight excluding hydrogens is 904 g/mol. The van der Waals surface area contributed by atoms with Crippen LogP contribution in [0.4, 0.5) is 17.1 Å². The number of ether oxygens (including phenoxy) is 1. The molecule has 0 bridgehead atoms. The molecule has 6 heteroatoms. The third kappa shape index (κ3) is 6.32. The van der Waals surface area contributed by atoms with E-state index >= 15 is 0 Å². The van der Waals surface area contributed by atoms with Crippen LogP contribution in [0.1, 0.15) is 136 Å². The Hall–Kier alpha value is -4.60. The van der Waals surface area contributed by atoms with E-state index in [4.69, 9.17) is 13.0 Å². The average molecular weight is 967 g/mol. The molecule has 0 fully saturated rings. The van der Waals surface area contributed by atoms with Crippen molar-refractivity contribution in [3.05, 3.63) is 155 Å². The third-order valence-corrected chi connectivity index (χ3v) is 12.2. The van der Waals surface area contributed by atoms with E-state index in [9.17, 15) is 0 Å². The number of benzene rings is 5. The molecule has 1 aromatic heterocycles. The molecule has 0 saturated heterocycles. The zero-order valence-electron chi connectivity index (χ0n) is 42.2. The maximum Gasteiger partial charge on any atom is 4.00 e. The second kappa shape index (κ2) is 13.5. The van der Waals surface area contributed by atoms with Crippen LogP contribution in [0.25, 0.3) is 16.8 Å². The Bertz CT molecular complexity index is 2800. The van der Waals surface area contributed by atoms with Crippen molar-refractivity contribution >= 4 is 17.1 Å². The van der Waals surface area contributed by atoms with Gasteiger partial charge in [0.1, 0.15) is 0 Å². The number of fused-ring (bicyclic) bond motifs is 9. The predicted octanol–water partition coefficient (Wildman–Crippen LogP) is 12.1. The van der Waals surface area contributed by atoms with E-state index < -0.39 is 19.4 Å². The largest absolute Gasteiger partial charge is 4.00 e. The first-order valence-electron chi connectivity index (χ1n) is 23.3.